The van der Waals surface area contributed by atoms with Crippen molar-refractivity contribution in [2.45, 2.75) is 65.2 Å². The molecule has 0 saturated heterocycles. The molecule has 3 heteroatoms. The normalized spacial score (nSPS) is 10.5. The zero-order valence-electron chi connectivity index (χ0n) is 14.3. The third-order valence-corrected chi connectivity index (χ3v) is 3.81. The van der Waals surface area contributed by atoms with Gasteiger partial charge in [-0.3, -0.25) is 4.79 Å². The lowest BCUT2D eigenvalue weighted by Gasteiger charge is -2.11. The molecule has 3 nitrogen and oxygen atoms in total. The summed E-state index contributed by atoms with van der Waals surface area (Å²) in [5, 5.41) is 0. The van der Waals surface area contributed by atoms with E-state index in [1.54, 1.807) is 13.2 Å². The highest BCUT2D eigenvalue weighted by atomic mass is 16.5. The maximum absolute atomic E-state index is 11.7. The summed E-state index contributed by atoms with van der Waals surface area (Å²) in [6.07, 6.45) is 9.36. The minimum absolute atomic E-state index is 0.122. The van der Waals surface area contributed by atoms with Crippen molar-refractivity contribution in [2.75, 3.05) is 13.7 Å². The van der Waals surface area contributed by atoms with E-state index in [4.69, 9.17) is 9.47 Å². The first-order valence-corrected chi connectivity index (χ1v) is 8.57. The molecule has 0 aliphatic carbocycles. The summed E-state index contributed by atoms with van der Waals surface area (Å²) in [7, 11) is 1.61. The number of hydrogen-bond acceptors (Lipinski definition) is 3. The summed E-state index contributed by atoms with van der Waals surface area (Å²) in [5.74, 6) is 1.49. The molecule has 0 spiro atoms. The molecular formula is C19H30O3. The Morgan fingerprint density at radius 1 is 0.955 bits per heavy atom. The number of carbonyl (C=O) groups is 1. The molecule has 0 aliphatic rings. The SMILES string of the molecule is CCCCCCCCCOc1ccc(C(=O)CC)cc1OC. The molecule has 1 rings (SSSR count). The molecule has 0 heterocycles. The van der Waals surface area contributed by atoms with Crippen molar-refractivity contribution >= 4 is 5.78 Å². The van der Waals surface area contributed by atoms with Crippen molar-refractivity contribution in [2.24, 2.45) is 0 Å². The van der Waals surface area contributed by atoms with Crippen LogP contribution in [0.4, 0.5) is 0 Å². The Hall–Kier alpha value is -1.51. The van der Waals surface area contributed by atoms with Gasteiger partial charge in [-0.1, -0.05) is 52.4 Å². The van der Waals surface area contributed by atoms with Gasteiger partial charge in [0, 0.05) is 12.0 Å². The molecule has 0 aromatic heterocycles. The van der Waals surface area contributed by atoms with Crippen molar-refractivity contribution in [3.05, 3.63) is 23.8 Å². The van der Waals surface area contributed by atoms with Gasteiger partial charge in [0.2, 0.25) is 0 Å². The van der Waals surface area contributed by atoms with Crippen LogP contribution in [0, 0.1) is 0 Å². The highest BCUT2D eigenvalue weighted by molar-refractivity contribution is 5.96. The average Bonchev–Trinajstić information content (AvgIpc) is 2.56. The number of Topliss-reactive ketones (excluding diaryl/α,β-unsaturated/α-hetero) is 1. The van der Waals surface area contributed by atoms with Gasteiger partial charge in [-0.25, -0.2) is 0 Å². The summed E-state index contributed by atoms with van der Waals surface area (Å²) >= 11 is 0. The summed E-state index contributed by atoms with van der Waals surface area (Å²) in [4.78, 5) is 11.7. The van der Waals surface area contributed by atoms with Gasteiger partial charge in [-0.15, -0.1) is 0 Å². The Bertz CT molecular complexity index is 440. The van der Waals surface area contributed by atoms with Gasteiger partial charge in [0.25, 0.3) is 0 Å². The lowest BCUT2D eigenvalue weighted by Crippen LogP contribution is -2.02. The number of rotatable bonds is 12. The third-order valence-electron chi connectivity index (χ3n) is 3.81. The maximum Gasteiger partial charge on any atom is 0.162 e. The molecule has 1 aromatic rings. The first kappa shape index (κ1) is 18.5. The highest BCUT2D eigenvalue weighted by Crippen LogP contribution is 2.28. The van der Waals surface area contributed by atoms with Crippen LogP contribution in [-0.2, 0) is 0 Å². The monoisotopic (exact) mass is 306 g/mol. The first-order chi connectivity index (χ1) is 10.7. The number of carbonyl (C=O) groups excluding carboxylic acids is 1. The second-order valence-electron chi connectivity index (χ2n) is 5.61. The molecule has 1 aromatic carbocycles. The minimum Gasteiger partial charge on any atom is -0.493 e. The molecule has 0 bridgehead atoms. The third kappa shape index (κ3) is 6.50. The molecule has 0 radical (unpaired) electrons. The molecule has 0 N–H and O–H groups in total. The average molecular weight is 306 g/mol. The van der Waals surface area contributed by atoms with Crippen LogP contribution < -0.4 is 9.47 Å². The summed E-state index contributed by atoms with van der Waals surface area (Å²) in [6.45, 7) is 4.80. The van der Waals surface area contributed by atoms with Crippen LogP contribution in [0.2, 0.25) is 0 Å². The number of benzene rings is 1. The van der Waals surface area contributed by atoms with Crippen molar-refractivity contribution in [1.29, 1.82) is 0 Å². The highest BCUT2D eigenvalue weighted by Gasteiger charge is 2.09. The molecule has 124 valence electrons. The largest absolute Gasteiger partial charge is 0.493 e. The molecule has 0 fully saturated rings. The number of ketones is 1. The fourth-order valence-corrected chi connectivity index (χ4v) is 2.41. The van der Waals surface area contributed by atoms with Gasteiger partial charge in [0.05, 0.1) is 13.7 Å². The Morgan fingerprint density at radius 2 is 1.64 bits per heavy atom. The number of unbranched alkanes of at least 4 members (excludes halogenated alkanes) is 6. The van der Waals surface area contributed by atoms with E-state index in [0.29, 0.717) is 24.3 Å². The van der Waals surface area contributed by atoms with Gasteiger partial charge in [-0.05, 0) is 24.6 Å². The summed E-state index contributed by atoms with van der Waals surface area (Å²) < 4.78 is 11.1. The Labute approximate surface area is 135 Å². The van der Waals surface area contributed by atoms with E-state index in [0.717, 1.165) is 12.2 Å². The lowest BCUT2D eigenvalue weighted by molar-refractivity contribution is 0.0987. The molecule has 0 amide bonds. The smallest absolute Gasteiger partial charge is 0.162 e. The predicted molar refractivity (Wildman–Crippen MR) is 91.1 cm³/mol. The van der Waals surface area contributed by atoms with E-state index >= 15 is 0 Å². The van der Waals surface area contributed by atoms with Gasteiger partial charge in [-0.2, -0.15) is 0 Å². The quantitative estimate of drug-likeness (QED) is 0.382. The van der Waals surface area contributed by atoms with Crippen LogP contribution in [0.25, 0.3) is 0 Å². The number of methoxy groups -OCH3 is 1. The van der Waals surface area contributed by atoms with E-state index in [1.165, 1.54) is 38.5 Å². The van der Waals surface area contributed by atoms with E-state index in [2.05, 4.69) is 6.92 Å². The van der Waals surface area contributed by atoms with Gasteiger partial charge < -0.3 is 9.47 Å². The molecule has 0 aliphatic heterocycles. The predicted octanol–water partition coefficient (Wildman–Crippen LogP) is 5.42. The maximum atomic E-state index is 11.7. The van der Waals surface area contributed by atoms with Crippen molar-refractivity contribution in [3.8, 4) is 11.5 Å². The fourth-order valence-electron chi connectivity index (χ4n) is 2.41. The second kappa shape index (κ2) is 11.1. The van der Waals surface area contributed by atoms with Crippen LogP contribution in [0.1, 0.15) is 75.6 Å². The lowest BCUT2D eigenvalue weighted by atomic mass is 10.1. The minimum atomic E-state index is 0.122. The standard InChI is InChI=1S/C19H30O3/c1-4-6-7-8-9-10-11-14-22-18-13-12-16(17(20)5-2)15-19(18)21-3/h12-13,15H,4-11,14H2,1-3H3. The molecule has 0 saturated carbocycles. The Morgan fingerprint density at radius 3 is 2.27 bits per heavy atom. The van der Waals surface area contributed by atoms with Crippen LogP contribution >= 0.6 is 0 Å². The summed E-state index contributed by atoms with van der Waals surface area (Å²) in [5.41, 5.74) is 0.683. The van der Waals surface area contributed by atoms with Crippen molar-refractivity contribution in [1.82, 2.24) is 0 Å². The van der Waals surface area contributed by atoms with E-state index in [9.17, 15) is 4.79 Å². The molecule has 22 heavy (non-hydrogen) atoms. The molecule has 0 atom stereocenters. The van der Waals surface area contributed by atoms with Crippen molar-refractivity contribution < 1.29 is 14.3 Å². The van der Waals surface area contributed by atoms with Crippen LogP contribution in [0.3, 0.4) is 0 Å². The van der Waals surface area contributed by atoms with E-state index in [1.807, 2.05) is 19.1 Å². The molecule has 0 unspecified atom stereocenters. The van der Waals surface area contributed by atoms with Gasteiger partial charge >= 0.3 is 0 Å². The van der Waals surface area contributed by atoms with E-state index < -0.39 is 0 Å². The zero-order valence-corrected chi connectivity index (χ0v) is 14.3. The first-order valence-electron chi connectivity index (χ1n) is 8.57. The van der Waals surface area contributed by atoms with Crippen LogP contribution in [0.15, 0.2) is 18.2 Å². The fraction of sp³-hybridized carbons (Fsp3) is 0.632. The number of hydrogen-bond donors (Lipinski definition) is 0. The van der Waals surface area contributed by atoms with Crippen molar-refractivity contribution in [3.63, 3.8) is 0 Å². The molecular weight excluding hydrogens is 276 g/mol. The second-order valence-corrected chi connectivity index (χ2v) is 5.61. The zero-order chi connectivity index (χ0) is 16.2. The van der Waals surface area contributed by atoms with Crippen LogP contribution in [0.5, 0.6) is 11.5 Å². The summed E-state index contributed by atoms with van der Waals surface area (Å²) in [6, 6.07) is 5.42. The van der Waals surface area contributed by atoms with Gasteiger partial charge in [0.1, 0.15) is 0 Å². The van der Waals surface area contributed by atoms with E-state index in [-0.39, 0.29) is 5.78 Å². The van der Waals surface area contributed by atoms with Crippen LogP contribution in [-0.4, -0.2) is 19.5 Å². The topological polar surface area (TPSA) is 35.5 Å². The number of ether oxygens (including phenoxy) is 2. The Balaban J connectivity index is 2.34. The Kier molecular flexibility index (Phi) is 9.36. The van der Waals surface area contributed by atoms with Gasteiger partial charge in [0.15, 0.2) is 17.3 Å².